The fourth-order valence-electron chi connectivity index (χ4n) is 3.03. The Bertz CT molecular complexity index is 890. The number of carbonyl (C=O) groups is 1. The zero-order chi connectivity index (χ0) is 18.7. The van der Waals surface area contributed by atoms with Crippen LogP contribution in [0.2, 0.25) is 0 Å². The Labute approximate surface area is 156 Å². The Morgan fingerprint density at radius 2 is 2.12 bits per heavy atom. The first kappa shape index (κ1) is 18.3. The molecule has 3 rings (SSSR count). The molecule has 136 valence electrons. The van der Waals surface area contributed by atoms with Gasteiger partial charge in [-0.05, 0) is 23.4 Å². The second-order valence-corrected chi connectivity index (χ2v) is 7.16. The largest absolute Gasteiger partial charge is 0.490 e. The van der Waals surface area contributed by atoms with E-state index in [1.807, 2.05) is 38.2 Å². The van der Waals surface area contributed by atoms with Gasteiger partial charge in [-0.15, -0.1) is 0 Å². The van der Waals surface area contributed by atoms with Crippen molar-refractivity contribution in [1.29, 1.82) is 0 Å². The van der Waals surface area contributed by atoms with Crippen molar-refractivity contribution in [2.45, 2.75) is 24.4 Å². The van der Waals surface area contributed by atoms with Crippen molar-refractivity contribution in [2.75, 3.05) is 17.7 Å². The topological polar surface area (TPSA) is 73.2 Å². The molecule has 0 saturated heterocycles. The number of hydrogen-bond donors (Lipinski definition) is 1. The van der Waals surface area contributed by atoms with Crippen LogP contribution in [0.3, 0.4) is 0 Å². The Balaban J connectivity index is 2.03. The zero-order valence-corrected chi connectivity index (χ0v) is 15.6. The van der Waals surface area contributed by atoms with Crippen LogP contribution >= 0.6 is 11.8 Å². The lowest BCUT2D eigenvalue weighted by atomic mass is 9.87. The standard InChI is InChI=1S/C19H21N3O3S/c1-4-10-25-13-8-6-12(7-9-13)14-11-15(23)20-17-16(14)18(24)21-19(22(17)3)26-5-2/h4,6-9,14H,1,5,10-11H2,2-3H3,(H,20,23)/t14-/m1/s1. The van der Waals surface area contributed by atoms with Crippen LogP contribution < -0.4 is 15.6 Å². The molecule has 0 fully saturated rings. The number of ether oxygens (including phenoxy) is 1. The quantitative estimate of drug-likeness (QED) is 0.480. The van der Waals surface area contributed by atoms with Gasteiger partial charge in [0.15, 0.2) is 5.16 Å². The molecule has 0 saturated carbocycles. The third-order valence-corrected chi connectivity index (χ3v) is 5.14. The molecular formula is C19H21N3O3S. The fraction of sp³-hybridized carbons (Fsp3) is 0.316. The average Bonchev–Trinajstić information content (AvgIpc) is 2.64. The molecule has 2 heterocycles. The van der Waals surface area contributed by atoms with Crippen LogP contribution in [0.5, 0.6) is 5.75 Å². The molecule has 1 aliphatic heterocycles. The molecule has 1 aliphatic rings. The van der Waals surface area contributed by atoms with Crippen molar-refractivity contribution in [2.24, 2.45) is 7.05 Å². The second kappa shape index (κ2) is 7.78. The van der Waals surface area contributed by atoms with Crippen molar-refractivity contribution in [3.63, 3.8) is 0 Å². The predicted molar refractivity (Wildman–Crippen MR) is 103 cm³/mol. The van der Waals surface area contributed by atoms with Crippen LogP contribution in [0.1, 0.15) is 30.4 Å². The minimum Gasteiger partial charge on any atom is -0.490 e. The van der Waals surface area contributed by atoms with E-state index in [4.69, 9.17) is 4.74 Å². The molecule has 1 N–H and O–H groups in total. The van der Waals surface area contributed by atoms with Gasteiger partial charge in [0.2, 0.25) is 5.91 Å². The summed E-state index contributed by atoms with van der Waals surface area (Å²) in [6, 6.07) is 7.45. The molecular weight excluding hydrogens is 350 g/mol. The number of carbonyl (C=O) groups excluding carboxylic acids is 1. The van der Waals surface area contributed by atoms with Gasteiger partial charge in [0.25, 0.3) is 5.56 Å². The summed E-state index contributed by atoms with van der Waals surface area (Å²) >= 11 is 1.47. The van der Waals surface area contributed by atoms with Crippen molar-refractivity contribution < 1.29 is 9.53 Å². The number of thioether (sulfide) groups is 1. The highest BCUT2D eigenvalue weighted by atomic mass is 32.2. The average molecular weight is 371 g/mol. The summed E-state index contributed by atoms with van der Waals surface area (Å²) in [6.45, 7) is 6.04. The molecule has 0 aliphatic carbocycles. The van der Waals surface area contributed by atoms with Gasteiger partial charge in [-0.1, -0.05) is 43.5 Å². The summed E-state index contributed by atoms with van der Waals surface area (Å²) in [7, 11) is 1.82. The number of amides is 1. The summed E-state index contributed by atoms with van der Waals surface area (Å²) in [5.41, 5.74) is 1.14. The van der Waals surface area contributed by atoms with Crippen molar-refractivity contribution in [1.82, 2.24) is 9.55 Å². The van der Waals surface area contributed by atoms with Gasteiger partial charge in [-0.25, -0.2) is 0 Å². The van der Waals surface area contributed by atoms with Gasteiger partial charge >= 0.3 is 0 Å². The predicted octanol–water partition coefficient (Wildman–Crippen LogP) is 2.93. The molecule has 1 aromatic heterocycles. The normalized spacial score (nSPS) is 15.9. The lowest BCUT2D eigenvalue weighted by Gasteiger charge is -2.27. The number of aromatic nitrogens is 2. The van der Waals surface area contributed by atoms with Gasteiger partial charge in [0.1, 0.15) is 18.2 Å². The van der Waals surface area contributed by atoms with E-state index in [0.717, 1.165) is 17.1 Å². The first-order chi connectivity index (χ1) is 12.5. The smallest absolute Gasteiger partial charge is 0.279 e. The van der Waals surface area contributed by atoms with Gasteiger partial charge in [-0.3, -0.25) is 9.59 Å². The number of nitrogens with one attached hydrogen (secondary N) is 1. The van der Waals surface area contributed by atoms with Crippen LogP contribution in [0, 0.1) is 0 Å². The number of nitrogens with zero attached hydrogens (tertiary/aromatic N) is 2. The van der Waals surface area contributed by atoms with E-state index in [0.29, 0.717) is 23.1 Å². The summed E-state index contributed by atoms with van der Waals surface area (Å²) in [4.78, 5) is 29.2. The zero-order valence-electron chi connectivity index (χ0n) is 14.8. The minimum absolute atomic E-state index is 0.108. The van der Waals surface area contributed by atoms with E-state index < -0.39 is 0 Å². The highest BCUT2D eigenvalue weighted by Crippen LogP contribution is 2.36. The van der Waals surface area contributed by atoms with E-state index in [9.17, 15) is 9.59 Å². The third kappa shape index (κ3) is 3.53. The van der Waals surface area contributed by atoms with Gasteiger partial charge in [0.05, 0.1) is 5.56 Å². The molecule has 7 heteroatoms. The highest BCUT2D eigenvalue weighted by molar-refractivity contribution is 7.99. The molecule has 0 bridgehead atoms. The first-order valence-electron chi connectivity index (χ1n) is 8.42. The summed E-state index contributed by atoms with van der Waals surface area (Å²) in [5.74, 6) is 1.62. The highest BCUT2D eigenvalue weighted by Gasteiger charge is 2.32. The van der Waals surface area contributed by atoms with Crippen LogP contribution in [0.25, 0.3) is 0 Å². The summed E-state index contributed by atoms with van der Waals surface area (Å²) in [5, 5.41) is 3.44. The van der Waals surface area contributed by atoms with Gasteiger partial charge in [0, 0.05) is 19.4 Å². The monoisotopic (exact) mass is 371 g/mol. The van der Waals surface area contributed by atoms with Gasteiger partial charge < -0.3 is 14.6 Å². The van der Waals surface area contributed by atoms with E-state index in [2.05, 4.69) is 16.9 Å². The molecule has 1 aromatic carbocycles. The summed E-state index contributed by atoms with van der Waals surface area (Å²) in [6.07, 6.45) is 1.90. The summed E-state index contributed by atoms with van der Waals surface area (Å²) < 4.78 is 7.28. The van der Waals surface area contributed by atoms with E-state index >= 15 is 0 Å². The maximum absolute atomic E-state index is 12.7. The van der Waals surface area contributed by atoms with Crippen LogP contribution in [-0.2, 0) is 11.8 Å². The Kier molecular flexibility index (Phi) is 5.46. The van der Waals surface area contributed by atoms with Crippen LogP contribution in [-0.4, -0.2) is 27.8 Å². The van der Waals surface area contributed by atoms with Crippen molar-refractivity contribution >= 4 is 23.5 Å². The first-order valence-corrected chi connectivity index (χ1v) is 9.41. The number of benzene rings is 1. The Morgan fingerprint density at radius 3 is 2.77 bits per heavy atom. The number of anilines is 1. The molecule has 1 amide bonds. The van der Waals surface area contributed by atoms with Gasteiger partial charge in [-0.2, -0.15) is 4.98 Å². The van der Waals surface area contributed by atoms with Crippen molar-refractivity contribution in [3.8, 4) is 5.75 Å². The van der Waals surface area contributed by atoms with E-state index in [1.165, 1.54) is 11.8 Å². The number of rotatable bonds is 6. The maximum Gasteiger partial charge on any atom is 0.279 e. The molecule has 6 nitrogen and oxygen atoms in total. The maximum atomic E-state index is 12.7. The van der Waals surface area contributed by atoms with E-state index in [-0.39, 0.29) is 23.8 Å². The fourth-order valence-corrected chi connectivity index (χ4v) is 3.72. The third-order valence-electron chi connectivity index (χ3n) is 4.22. The lowest BCUT2D eigenvalue weighted by molar-refractivity contribution is -0.116. The molecule has 0 radical (unpaired) electrons. The molecule has 1 atom stereocenters. The van der Waals surface area contributed by atoms with Crippen LogP contribution in [0.4, 0.5) is 5.82 Å². The van der Waals surface area contributed by atoms with Crippen LogP contribution in [0.15, 0.2) is 46.9 Å². The molecule has 26 heavy (non-hydrogen) atoms. The minimum atomic E-state index is -0.320. The SMILES string of the molecule is C=CCOc1ccc([C@H]2CC(=O)Nc3c2c(=O)nc(SCC)n3C)cc1. The van der Waals surface area contributed by atoms with Crippen molar-refractivity contribution in [3.05, 3.63) is 58.4 Å². The Morgan fingerprint density at radius 1 is 1.38 bits per heavy atom. The van der Waals surface area contributed by atoms with E-state index in [1.54, 1.807) is 10.6 Å². The lowest BCUT2D eigenvalue weighted by Crippen LogP contribution is -2.33. The second-order valence-electron chi connectivity index (χ2n) is 5.93. The number of fused-ring (bicyclic) bond motifs is 1. The molecule has 2 aromatic rings. The Hall–Kier alpha value is -2.54. The number of hydrogen-bond acceptors (Lipinski definition) is 5. The molecule has 0 spiro atoms. The molecule has 0 unspecified atom stereocenters.